The minimum absolute atomic E-state index is 0.0542. The SMILES string of the molecule is C#C.C=S(C)N1c2c(CC)c(CC(=O)O)c(C3=CCC(C)(C)C=C3C)c(C)c2-c2ncc(F)cc2C1C.CC(C)(C)O. The van der Waals surface area contributed by atoms with Crippen LogP contribution in [0.4, 0.5) is 10.1 Å². The van der Waals surface area contributed by atoms with Crippen molar-refractivity contribution in [2.24, 2.45) is 5.41 Å². The molecule has 2 N–H and O–H groups in total. The molecule has 0 spiro atoms. The van der Waals surface area contributed by atoms with Gasteiger partial charge in [-0.3, -0.25) is 9.78 Å². The van der Waals surface area contributed by atoms with Gasteiger partial charge in [0.25, 0.3) is 0 Å². The number of halogens is 1. The van der Waals surface area contributed by atoms with Crippen molar-refractivity contribution in [3.05, 3.63) is 63.6 Å². The maximum Gasteiger partial charge on any atom is 0.307 e. The van der Waals surface area contributed by atoms with Crippen molar-refractivity contribution in [3.63, 3.8) is 0 Å². The first-order chi connectivity index (χ1) is 19.4. The van der Waals surface area contributed by atoms with Gasteiger partial charge in [-0.1, -0.05) is 38.8 Å². The average molecular weight is 595 g/mol. The van der Waals surface area contributed by atoms with Crippen LogP contribution in [0.3, 0.4) is 0 Å². The molecule has 2 aliphatic rings. The van der Waals surface area contributed by atoms with Crippen LogP contribution in [0.25, 0.3) is 16.8 Å². The highest BCUT2D eigenvalue weighted by molar-refractivity contribution is 8.14. The largest absolute Gasteiger partial charge is 0.481 e. The lowest BCUT2D eigenvalue weighted by Gasteiger charge is -2.42. The number of nitrogens with zero attached hydrogens (tertiary/aromatic N) is 2. The number of anilines is 1. The molecule has 0 saturated heterocycles. The van der Waals surface area contributed by atoms with Crippen LogP contribution >= 0.6 is 10.7 Å². The standard InChI is InChI=1S/C29H35FN2O2S.C4H10O.C2H2/c1-9-20-23(13-24(33)34)25(21-10-11-29(5,6)14-16(21)2)17(3)26-27-22(12-19(30)15-31-27)18(4)32(28(20)26)35(7)8;1-4(2,3)5;1-2/h10,12,14-15,18H,7,9,11,13H2,1-6,8H3,(H,33,34);5H,1-3H3;1-2H. The molecule has 4 rings (SSSR count). The highest BCUT2D eigenvalue weighted by atomic mass is 32.2. The number of allylic oxidation sites excluding steroid dienone is 4. The van der Waals surface area contributed by atoms with Crippen molar-refractivity contribution in [2.75, 3.05) is 10.6 Å². The number of carboxylic acids is 1. The monoisotopic (exact) mass is 594 g/mol. The molecule has 0 saturated carbocycles. The predicted octanol–water partition coefficient (Wildman–Crippen LogP) is 8.30. The average Bonchev–Trinajstić information content (AvgIpc) is 2.85. The van der Waals surface area contributed by atoms with Gasteiger partial charge in [-0.2, -0.15) is 0 Å². The summed E-state index contributed by atoms with van der Waals surface area (Å²) in [5, 5.41) is 18.5. The van der Waals surface area contributed by atoms with E-state index in [1.54, 1.807) is 26.8 Å². The van der Waals surface area contributed by atoms with Crippen molar-refractivity contribution in [1.82, 2.24) is 4.98 Å². The van der Waals surface area contributed by atoms with Gasteiger partial charge < -0.3 is 14.5 Å². The van der Waals surface area contributed by atoms with Crippen molar-refractivity contribution in [2.45, 2.75) is 93.2 Å². The molecule has 228 valence electrons. The fraction of sp³-hybridized carbons (Fsp3) is 0.457. The van der Waals surface area contributed by atoms with Gasteiger partial charge >= 0.3 is 5.97 Å². The summed E-state index contributed by atoms with van der Waals surface area (Å²) in [4.78, 5) is 16.7. The summed E-state index contributed by atoms with van der Waals surface area (Å²) in [5.41, 5.74) is 9.26. The van der Waals surface area contributed by atoms with E-state index in [1.165, 1.54) is 6.20 Å². The van der Waals surface area contributed by atoms with E-state index in [-0.39, 0.29) is 23.7 Å². The molecule has 1 aromatic carbocycles. The topological polar surface area (TPSA) is 73.7 Å². The second kappa shape index (κ2) is 13.4. The molecule has 1 aliphatic carbocycles. The maximum atomic E-state index is 14.3. The molecule has 7 heteroatoms. The molecule has 0 radical (unpaired) electrons. The number of fused-ring (bicyclic) bond motifs is 3. The van der Waals surface area contributed by atoms with Crippen LogP contribution in [0, 0.1) is 31.0 Å². The van der Waals surface area contributed by atoms with Gasteiger partial charge in [0.2, 0.25) is 0 Å². The zero-order valence-electron chi connectivity index (χ0n) is 26.9. The number of aromatic nitrogens is 1. The smallest absolute Gasteiger partial charge is 0.307 e. The van der Waals surface area contributed by atoms with E-state index in [9.17, 15) is 14.3 Å². The van der Waals surface area contributed by atoms with Crippen LogP contribution in [-0.2, 0) is 17.6 Å². The number of pyridine rings is 1. The van der Waals surface area contributed by atoms with Crippen LogP contribution in [0.5, 0.6) is 0 Å². The van der Waals surface area contributed by atoms with Gasteiger partial charge in [-0.05, 0) is 106 Å². The summed E-state index contributed by atoms with van der Waals surface area (Å²) in [6, 6.07) is 1.45. The van der Waals surface area contributed by atoms with Gasteiger partial charge in [0, 0.05) is 11.1 Å². The minimum atomic E-state index is -0.847. The zero-order valence-corrected chi connectivity index (χ0v) is 27.7. The third-order valence-electron chi connectivity index (χ3n) is 7.23. The molecule has 2 atom stereocenters. The van der Waals surface area contributed by atoms with Crippen molar-refractivity contribution in [1.29, 1.82) is 0 Å². The lowest BCUT2D eigenvalue weighted by Crippen LogP contribution is -2.29. The van der Waals surface area contributed by atoms with Gasteiger partial charge in [0.1, 0.15) is 5.82 Å². The van der Waals surface area contributed by atoms with Gasteiger partial charge in [-0.15, -0.1) is 23.5 Å². The molecule has 5 nitrogen and oxygen atoms in total. The Morgan fingerprint density at radius 2 is 1.81 bits per heavy atom. The molecule has 42 heavy (non-hydrogen) atoms. The summed E-state index contributed by atoms with van der Waals surface area (Å²) in [7, 11) is -0.417. The van der Waals surface area contributed by atoms with Gasteiger partial charge in [0.15, 0.2) is 0 Å². The molecular formula is C35H47FN2O3S. The van der Waals surface area contributed by atoms with E-state index >= 15 is 0 Å². The number of aliphatic hydroxyl groups is 1. The first kappa shape index (κ1) is 35.0. The Morgan fingerprint density at radius 1 is 1.24 bits per heavy atom. The fourth-order valence-electron chi connectivity index (χ4n) is 5.87. The van der Waals surface area contributed by atoms with Crippen molar-refractivity contribution >= 4 is 33.8 Å². The van der Waals surface area contributed by atoms with E-state index < -0.39 is 22.2 Å². The molecule has 2 heterocycles. The minimum Gasteiger partial charge on any atom is -0.481 e. The van der Waals surface area contributed by atoms with Crippen molar-refractivity contribution < 1.29 is 19.4 Å². The lowest BCUT2D eigenvalue weighted by atomic mass is 9.74. The van der Waals surface area contributed by atoms with E-state index in [0.29, 0.717) is 6.42 Å². The fourth-order valence-corrected chi connectivity index (χ4v) is 7.04. The summed E-state index contributed by atoms with van der Waals surface area (Å²) in [5.74, 6) is 3.14. The van der Waals surface area contributed by atoms with Crippen LogP contribution in [0.1, 0.15) is 95.7 Å². The second-order valence-electron chi connectivity index (χ2n) is 12.6. The Morgan fingerprint density at radius 3 is 2.29 bits per heavy atom. The number of hydrogen-bond acceptors (Lipinski definition) is 4. The molecule has 0 fully saturated rings. The summed E-state index contributed by atoms with van der Waals surface area (Å²) >= 11 is 0. The third kappa shape index (κ3) is 7.59. The number of carboxylic acid groups (broad SMARTS) is 1. The first-order valence-corrected chi connectivity index (χ1v) is 15.9. The molecule has 1 aromatic heterocycles. The molecular weight excluding hydrogens is 547 g/mol. The summed E-state index contributed by atoms with van der Waals surface area (Å²) in [6.45, 7) is 18.0. The number of rotatable bonds is 5. The molecule has 0 bridgehead atoms. The molecule has 2 aromatic rings. The Hall–Kier alpha value is -3.21. The number of terminal acetylenes is 1. The third-order valence-corrected chi connectivity index (χ3v) is 8.40. The predicted molar refractivity (Wildman–Crippen MR) is 179 cm³/mol. The van der Waals surface area contributed by atoms with Crippen LogP contribution in [-0.4, -0.2) is 38.9 Å². The normalized spacial score (nSPS) is 17.7. The maximum absolute atomic E-state index is 14.3. The summed E-state index contributed by atoms with van der Waals surface area (Å²) in [6.07, 6.45) is 17.4. The second-order valence-corrected chi connectivity index (χ2v) is 14.2. The molecule has 1 aliphatic heterocycles. The van der Waals surface area contributed by atoms with Crippen LogP contribution in [0.15, 0.2) is 30.0 Å². The Kier molecular flexibility index (Phi) is 11.2. The van der Waals surface area contributed by atoms with Gasteiger partial charge in [-0.25, -0.2) is 4.39 Å². The quantitative estimate of drug-likeness (QED) is 0.269. The van der Waals surface area contributed by atoms with E-state index in [1.807, 2.05) is 0 Å². The highest BCUT2D eigenvalue weighted by Gasteiger charge is 2.37. The number of carbonyl (C=O) groups is 1. The number of aliphatic carboxylic acids is 1. The van der Waals surface area contributed by atoms with E-state index in [2.05, 4.69) is 88.0 Å². The van der Waals surface area contributed by atoms with Crippen LogP contribution < -0.4 is 4.31 Å². The summed E-state index contributed by atoms with van der Waals surface area (Å²) < 4.78 is 16.6. The highest BCUT2D eigenvalue weighted by Crippen LogP contribution is 2.54. The number of benzene rings is 1. The van der Waals surface area contributed by atoms with Gasteiger partial charge in [0.05, 0.1) is 35.6 Å². The molecule has 2 unspecified atom stereocenters. The zero-order chi connectivity index (χ0) is 32.3. The van der Waals surface area contributed by atoms with E-state index in [4.69, 9.17) is 5.11 Å². The Labute approximate surface area is 254 Å². The van der Waals surface area contributed by atoms with Crippen molar-refractivity contribution in [3.8, 4) is 24.1 Å². The Bertz CT molecular complexity index is 1460. The first-order valence-electron chi connectivity index (χ1n) is 14.1. The number of hydrogen-bond donors (Lipinski definition) is 2. The van der Waals surface area contributed by atoms with E-state index in [0.717, 1.165) is 62.3 Å². The Balaban J connectivity index is 0.000000797. The van der Waals surface area contributed by atoms with Crippen LogP contribution in [0.2, 0.25) is 0 Å². The lowest BCUT2D eigenvalue weighted by molar-refractivity contribution is -0.136. The molecule has 0 amide bonds.